The Bertz CT molecular complexity index is 1480. The first kappa shape index (κ1) is 24.9. The molecule has 0 amide bonds. The molecule has 0 fully saturated rings. The van der Waals surface area contributed by atoms with E-state index in [1.807, 2.05) is 0 Å². The fourth-order valence-corrected chi connectivity index (χ4v) is 4.38. The van der Waals surface area contributed by atoms with Crippen molar-refractivity contribution in [2.24, 2.45) is 0 Å². The molecule has 9 nitrogen and oxygen atoms in total. The smallest absolute Gasteiger partial charge is 1.00 e. The van der Waals surface area contributed by atoms with Gasteiger partial charge in [0.25, 0.3) is 10.1 Å². The molecular weight excluding hydrogens is 483 g/mol. The second-order valence-electron chi connectivity index (χ2n) is 6.88. The molecule has 0 saturated carbocycles. The van der Waals surface area contributed by atoms with E-state index in [1.165, 1.54) is 36.4 Å². The number of hydrogen-bond donors (Lipinski definition) is 4. The minimum absolute atomic E-state index is 0. The van der Waals surface area contributed by atoms with Gasteiger partial charge in [0.1, 0.15) is 4.90 Å². The number of halogens is 1. The maximum absolute atomic E-state index is 13.3. The van der Waals surface area contributed by atoms with Gasteiger partial charge in [0.2, 0.25) is 0 Å². The van der Waals surface area contributed by atoms with E-state index in [0.717, 1.165) is 6.07 Å². The minimum atomic E-state index is -4.91. The number of hydrogen-bond acceptors (Lipinski definition) is 7. The van der Waals surface area contributed by atoms with Crippen molar-refractivity contribution in [3.8, 4) is 0 Å². The van der Waals surface area contributed by atoms with Crippen LogP contribution in [0.5, 0.6) is 0 Å². The zero-order chi connectivity index (χ0) is 23.4. The minimum Gasteiger partial charge on any atom is -1.00 e. The average Bonchev–Trinajstić information content (AvgIpc) is 2.72. The van der Waals surface area contributed by atoms with Crippen molar-refractivity contribution in [2.75, 3.05) is 11.1 Å². The summed E-state index contributed by atoms with van der Waals surface area (Å²) in [6.45, 7) is 0. The van der Waals surface area contributed by atoms with Crippen molar-refractivity contribution in [3.05, 3.63) is 81.4 Å². The molecule has 3 aromatic carbocycles. The van der Waals surface area contributed by atoms with Crippen LogP contribution in [0, 0.1) is 0 Å². The molecule has 0 heterocycles. The maximum atomic E-state index is 13.3. The van der Waals surface area contributed by atoms with Crippen LogP contribution in [0.2, 0.25) is 5.02 Å². The summed E-state index contributed by atoms with van der Waals surface area (Å²) >= 11 is 5.97. The first-order valence-corrected chi connectivity index (χ1v) is 10.7. The molecule has 0 saturated heterocycles. The van der Waals surface area contributed by atoms with Gasteiger partial charge in [0.05, 0.1) is 33.8 Å². The molecule has 0 spiro atoms. The number of carboxylic acid groups (broad SMARTS) is 1. The Balaban J connectivity index is 0.00000204. The van der Waals surface area contributed by atoms with Crippen LogP contribution in [-0.2, 0) is 10.1 Å². The number of anilines is 3. The van der Waals surface area contributed by atoms with Crippen molar-refractivity contribution in [3.63, 3.8) is 0 Å². The van der Waals surface area contributed by atoms with Gasteiger partial charge >= 0.3 is 35.5 Å². The number of rotatable bonds is 4. The first-order valence-electron chi connectivity index (χ1n) is 8.93. The molecule has 4 rings (SSSR count). The van der Waals surface area contributed by atoms with Crippen LogP contribution >= 0.6 is 11.6 Å². The Morgan fingerprint density at radius 1 is 0.970 bits per heavy atom. The van der Waals surface area contributed by atoms with Crippen LogP contribution in [-0.4, -0.2) is 35.6 Å². The topological polar surface area (TPSA) is 164 Å². The van der Waals surface area contributed by atoms with E-state index in [4.69, 9.17) is 17.3 Å². The number of nitrogen functional groups attached to an aromatic ring is 1. The summed E-state index contributed by atoms with van der Waals surface area (Å²) in [5, 5.41) is 12.3. The summed E-state index contributed by atoms with van der Waals surface area (Å²) in [6.07, 6.45) is 0. The molecule has 33 heavy (non-hydrogen) atoms. The van der Waals surface area contributed by atoms with E-state index in [0.29, 0.717) is 0 Å². The molecule has 164 valence electrons. The Kier molecular flexibility index (Phi) is 6.72. The van der Waals surface area contributed by atoms with Crippen LogP contribution in [0.25, 0.3) is 0 Å². The van der Waals surface area contributed by atoms with E-state index in [1.54, 1.807) is 6.07 Å². The fourth-order valence-electron chi connectivity index (χ4n) is 3.56. The van der Waals surface area contributed by atoms with Gasteiger partial charge in [-0.25, -0.2) is 4.79 Å². The second-order valence-corrected chi connectivity index (χ2v) is 8.71. The van der Waals surface area contributed by atoms with Crippen LogP contribution in [0.15, 0.2) is 53.4 Å². The summed E-state index contributed by atoms with van der Waals surface area (Å²) in [7, 11) is -4.91. The van der Waals surface area contributed by atoms with E-state index >= 15 is 0 Å². The summed E-state index contributed by atoms with van der Waals surface area (Å²) in [4.78, 5) is 37.2. The number of benzene rings is 3. The zero-order valence-electron chi connectivity index (χ0n) is 17.9. The molecule has 0 aliphatic heterocycles. The van der Waals surface area contributed by atoms with E-state index in [2.05, 4.69) is 5.32 Å². The van der Waals surface area contributed by atoms with Crippen LogP contribution in [0.3, 0.4) is 0 Å². The quantitative estimate of drug-likeness (QED) is 0.179. The summed E-state index contributed by atoms with van der Waals surface area (Å²) < 4.78 is 33.5. The van der Waals surface area contributed by atoms with E-state index < -0.39 is 43.8 Å². The number of carboxylic acids is 1. The summed E-state index contributed by atoms with van der Waals surface area (Å²) in [5.41, 5.74) is 4.19. The van der Waals surface area contributed by atoms with E-state index in [-0.39, 0.29) is 69.6 Å². The molecule has 5 N–H and O–H groups in total. The Hall–Kier alpha value is -2.73. The number of aromatic carboxylic acids is 1. The Morgan fingerprint density at radius 3 is 2.09 bits per heavy atom. The maximum Gasteiger partial charge on any atom is 1.00 e. The van der Waals surface area contributed by atoms with Crippen LogP contribution in [0.1, 0.15) is 43.6 Å². The predicted molar refractivity (Wildman–Crippen MR) is 117 cm³/mol. The molecule has 0 unspecified atom stereocenters. The molecule has 0 atom stereocenters. The number of ketones is 2. The molecule has 0 bridgehead atoms. The first-order chi connectivity index (χ1) is 15.0. The van der Waals surface area contributed by atoms with Gasteiger partial charge in [-0.05, 0) is 24.3 Å². The van der Waals surface area contributed by atoms with Gasteiger partial charge in [-0.15, -0.1) is 0 Å². The van der Waals surface area contributed by atoms with Gasteiger partial charge < -0.3 is 17.6 Å². The molecule has 1 aliphatic carbocycles. The average molecular weight is 497 g/mol. The van der Waals surface area contributed by atoms with Crippen molar-refractivity contribution in [1.82, 2.24) is 0 Å². The third-order valence-corrected chi connectivity index (χ3v) is 6.09. The van der Waals surface area contributed by atoms with Crippen molar-refractivity contribution >= 4 is 56.3 Å². The van der Waals surface area contributed by atoms with Gasteiger partial charge in [0, 0.05) is 16.1 Å². The van der Waals surface area contributed by atoms with Crippen LogP contribution in [0.4, 0.5) is 17.1 Å². The number of carbonyl (C=O) groups excluding carboxylic acids is 2. The third kappa shape index (κ3) is 4.29. The summed E-state index contributed by atoms with van der Waals surface area (Å²) in [5.74, 6) is -2.67. The fraction of sp³-hybridized carbons (Fsp3) is 0. The van der Waals surface area contributed by atoms with Gasteiger partial charge in [-0.2, -0.15) is 8.42 Å². The predicted octanol–water partition coefficient (Wildman–Crippen LogP) is 0.503. The molecular formula is C21H14ClN2NaO7S. The normalized spacial score (nSPS) is 12.4. The third-order valence-electron chi connectivity index (χ3n) is 4.96. The standard InChI is InChI=1S/C21H13ClN2O7S.Na.H/c22-9-5-6-12(21(27)28)13(7-9)24-14-8-15(32(29,30)31)18(23)17-16(14)19(25)10-3-1-2-4-11(10)20(17)26;;/h1-8,24H,23H2,(H,27,28)(H,29,30,31);;/q;+1;-1. The monoisotopic (exact) mass is 496 g/mol. The van der Waals surface area contributed by atoms with Gasteiger partial charge in [-0.1, -0.05) is 35.9 Å². The van der Waals surface area contributed by atoms with Gasteiger partial charge in [-0.3, -0.25) is 14.1 Å². The number of nitrogens with one attached hydrogen (secondary N) is 1. The molecule has 1 aliphatic rings. The molecule has 12 heteroatoms. The van der Waals surface area contributed by atoms with Crippen molar-refractivity contribution < 1.29 is 63.4 Å². The molecule has 0 radical (unpaired) electrons. The number of fused-ring (bicyclic) bond motifs is 2. The van der Waals surface area contributed by atoms with E-state index in [9.17, 15) is 32.5 Å². The van der Waals surface area contributed by atoms with Gasteiger partial charge in [0.15, 0.2) is 11.6 Å². The summed E-state index contributed by atoms with van der Waals surface area (Å²) in [6, 6.07) is 10.6. The zero-order valence-corrected chi connectivity index (χ0v) is 20.5. The number of carbonyl (C=O) groups is 3. The second kappa shape index (κ2) is 8.90. The molecule has 0 aromatic heterocycles. The largest absolute Gasteiger partial charge is 1.00 e. The number of nitrogens with two attached hydrogens (primary N) is 1. The Morgan fingerprint density at radius 2 is 1.55 bits per heavy atom. The van der Waals surface area contributed by atoms with Crippen LogP contribution < -0.4 is 40.6 Å². The molecule has 3 aromatic rings. The Labute approximate surface area is 216 Å². The van der Waals surface area contributed by atoms with Crippen molar-refractivity contribution in [1.29, 1.82) is 0 Å². The van der Waals surface area contributed by atoms with Crippen molar-refractivity contribution in [2.45, 2.75) is 4.90 Å². The SMILES string of the molecule is Nc1c(S(=O)(=O)O)cc(Nc2cc(Cl)ccc2C(=O)O)c2c1C(=O)c1ccccc1C2=O.[H-].[Na+].